The smallest absolute Gasteiger partial charge is 0.228 e. The highest BCUT2D eigenvalue weighted by molar-refractivity contribution is 5.92. The maximum absolute atomic E-state index is 11.7. The van der Waals surface area contributed by atoms with Crippen molar-refractivity contribution in [3.05, 3.63) is 29.8 Å². The van der Waals surface area contributed by atoms with Crippen LogP contribution in [0.2, 0.25) is 0 Å². The summed E-state index contributed by atoms with van der Waals surface area (Å²) in [5.74, 6) is -0.743. The largest absolute Gasteiger partial charge is 0.369 e. The number of hydrogen-bond acceptors (Lipinski definition) is 3. The number of carbonyl (C=O) groups excluding carboxylic acids is 2. The number of nitrogens with two attached hydrogens (primary N) is 2. The first-order valence-electron chi connectivity index (χ1n) is 6.20. The molecule has 1 aromatic carbocycles. The van der Waals surface area contributed by atoms with Crippen molar-refractivity contribution in [2.75, 3.05) is 11.9 Å². The summed E-state index contributed by atoms with van der Waals surface area (Å²) in [6.07, 6.45) is 0. The molecule has 0 bridgehead atoms. The van der Waals surface area contributed by atoms with Crippen molar-refractivity contribution in [1.82, 2.24) is 0 Å². The van der Waals surface area contributed by atoms with Gasteiger partial charge >= 0.3 is 0 Å². The standard InChI is InChI=1S/C14H21N3O2.ClH/c1-9(8-15)12(18)17-11-6-4-10(5-7-11)14(2,3)13(16)19;/h4-7,9H,8,15H2,1-3H3,(H2,16,19)(H,17,18);1H. The van der Waals surface area contributed by atoms with E-state index in [0.717, 1.165) is 5.56 Å². The molecule has 112 valence electrons. The topological polar surface area (TPSA) is 98.2 Å². The monoisotopic (exact) mass is 299 g/mol. The minimum Gasteiger partial charge on any atom is -0.369 e. The van der Waals surface area contributed by atoms with Crippen molar-refractivity contribution in [2.24, 2.45) is 17.4 Å². The SMILES string of the molecule is CC(CN)C(=O)Nc1ccc(C(C)(C)C(N)=O)cc1.Cl. The van der Waals surface area contributed by atoms with Crippen LogP contribution in [0.3, 0.4) is 0 Å². The molecular weight excluding hydrogens is 278 g/mol. The van der Waals surface area contributed by atoms with Gasteiger partial charge in [-0.15, -0.1) is 12.4 Å². The molecule has 0 fully saturated rings. The molecule has 0 heterocycles. The quantitative estimate of drug-likeness (QED) is 0.766. The number of halogens is 1. The number of hydrogen-bond donors (Lipinski definition) is 3. The van der Waals surface area contributed by atoms with Gasteiger partial charge in [0.05, 0.1) is 5.41 Å². The van der Waals surface area contributed by atoms with Gasteiger partial charge in [0.2, 0.25) is 11.8 Å². The first kappa shape index (κ1) is 18.4. The second-order valence-corrected chi connectivity index (χ2v) is 5.19. The summed E-state index contributed by atoms with van der Waals surface area (Å²) in [4.78, 5) is 23.0. The summed E-state index contributed by atoms with van der Waals surface area (Å²) in [7, 11) is 0. The third kappa shape index (κ3) is 4.21. The molecule has 5 N–H and O–H groups in total. The van der Waals surface area contributed by atoms with Gasteiger partial charge in [-0.2, -0.15) is 0 Å². The fourth-order valence-electron chi connectivity index (χ4n) is 1.48. The van der Waals surface area contributed by atoms with Crippen molar-refractivity contribution in [3.8, 4) is 0 Å². The van der Waals surface area contributed by atoms with E-state index >= 15 is 0 Å². The van der Waals surface area contributed by atoms with Crippen LogP contribution in [0, 0.1) is 5.92 Å². The van der Waals surface area contributed by atoms with E-state index in [4.69, 9.17) is 11.5 Å². The zero-order valence-corrected chi connectivity index (χ0v) is 12.8. The highest BCUT2D eigenvalue weighted by atomic mass is 35.5. The van der Waals surface area contributed by atoms with Gasteiger partial charge in [-0.3, -0.25) is 9.59 Å². The maximum atomic E-state index is 11.7. The fraction of sp³-hybridized carbons (Fsp3) is 0.429. The van der Waals surface area contributed by atoms with Crippen LogP contribution in [-0.2, 0) is 15.0 Å². The number of primary amides is 1. The highest BCUT2D eigenvalue weighted by Crippen LogP contribution is 2.24. The van der Waals surface area contributed by atoms with Crippen LogP contribution in [0.1, 0.15) is 26.3 Å². The normalized spacial score (nSPS) is 12.2. The Kier molecular flexibility index (Phi) is 6.68. The van der Waals surface area contributed by atoms with Crippen LogP contribution in [0.25, 0.3) is 0 Å². The van der Waals surface area contributed by atoms with Crippen molar-refractivity contribution >= 4 is 29.9 Å². The van der Waals surface area contributed by atoms with Gasteiger partial charge in [-0.25, -0.2) is 0 Å². The average Bonchev–Trinajstić information content (AvgIpc) is 2.38. The maximum Gasteiger partial charge on any atom is 0.228 e. The highest BCUT2D eigenvalue weighted by Gasteiger charge is 2.27. The summed E-state index contributed by atoms with van der Waals surface area (Å²) >= 11 is 0. The van der Waals surface area contributed by atoms with Crippen LogP contribution < -0.4 is 16.8 Å². The van der Waals surface area contributed by atoms with Gasteiger partial charge in [0.25, 0.3) is 0 Å². The second-order valence-electron chi connectivity index (χ2n) is 5.19. The third-order valence-corrected chi connectivity index (χ3v) is 3.29. The molecule has 0 spiro atoms. The molecule has 0 aliphatic heterocycles. The molecule has 0 aliphatic rings. The summed E-state index contributed by atoms with van der Waals surface area (Å²) in [5.41, 5.74) is 11.5. The van der Waals surface area contributed by atoms with Crippen LogP contribution in [0.4, 0.5) is 5.69 Å². The van der Waals surface area contributed by atoms with Crippen LogP contribution in [-0.4, -0.2) is 18.4 Å². The third-order valence-electron chi connectivity index (χ3n) is 3.29. The molecule has 1 aromatic rings. The Balaban J connectivity index is 0.00000361. The number of anilines is 1. The lowest BCUT2D eigenvalue weighted by atomic mass is 9.84. The Bertz CT molecular complexity index is 472. The molecule has 5 nitrogen and oxygen atoms in total. The van der Waals surface area contributed by atoms with Crippen molar-refractivity contribution in [3.63, 3.8) is 0 Å². The lowest BCUT2D eigenvalue weighted by molar-refractivity contribution is -0.122. The van der Waals surface area contributed by atoms with E-state index in [1.165, 1.54) is 0 Å². The fourth-order valence-corrected chi connectivity index (χ4v) is 1.48. The summed E-state index contributed by atoms with van der Waals surface area (Å²) in [6.45, 7) is 5.59. The first-order chi connectivity index (χ1) is 8.78. The molecule has 0 aliphatic carbocycles. The molecule has 0 radical (unpaired) electrons. The Hall–Kier alpha value is -1.59. The molecule has 0 aromatic heterocycles. The number of rotatable bonds is 5. The van der Waals surface area contributed by atoms with E-state index in [0.29, 0.717) is 12.2 Å². The Morgan fingerprint density at radius 1 is 1.25 bits per heavy atom. The summed E-state index contributed by atoms with van der Waals surface area (Å²) in [6, 6.07) is 7.07. The minimum absolute atomic E-state index is 0. The number of nitrogens with one attached hydrogen (secondary N) is 1. The summed E-state index contributed by atoms with van der Waals surface area (Å²) in [5, 5.41) is 2.77. The lowest BCUT2D eigenvalue weighted by Gasteiger charge is -2.21. The number of carbonyl (C=O) groups is 2. The molecule has 20 heavy (non-hydrogen) atoms. The van der Waals surface area contributed by atoms with Crippen LogP contribution in [0.15, 0.2) is 24.3 Å². The average molecular weight is 300 g/mol. The summed E-state index contributed by atoms with van der Waals surface area (Å²) < 4.78 is 0. The van der Waals surface area contributed by atoms with Crippen LogP contribution >= 0.6 is 12.4 Å². The number of amides is 2. The second kappa shape index (κ2) is 7.26. The Morgan fingerprint density at radius 2 is 1.75 bits per heavy atom. The molecule has 1 rings (SSSR count). The zero-order valence-electron chi connectivity index (χ0n) is 12.0. The van der Waals surface area contributed by atoms with E-state index in [1.807, 2.05) is 0 Å². The predicted octanol–water partition coefficient (Wildman–Crippen LogP) is 1.40. The molecule has 1 atom stereocenters. The van der Waals surface area contributed by atoms with Crippen molar-refractivity contribution < 1.29 is 9.59 Å². The predicted molar refractivity (Wildman–Crippen MR) is 82.8 cm³/mol. The van der Waals surface area contributed by atoms with Gasteiger partial charge in [0, 0.05) is 18.2 Å². The van der Waals surface area contributed by atoms with Crippen LogP contribution in [0.5, 0.6) is 0 Å². The molecule has 2 amide bonds. The van der Waals surface area contributed by atoms with Crippen molar-refractivity contribution in [1.29, 1.82) is 0 Å². The van der Waals surface area contributed by atoms with Gasteiger partial charge < -0.3 is 16.8 Å². The first-order valence-corrected chi connectivity index (χ1v) is 6.20. The zero-order chi connectivity index (χ0) is 14.6. The Labute approximate surface area is 125 Å². The molecule has 1 unspecified atom stereocenters. The molecule has 0 saturated heterocycles. The van der Waals surface area contributed by atoms with Gasteiger partial charge in [0.1, 0.15) is 0 Å². The number of benzene rings is 1. The van der Waals surface area contributed by atoms with E-state index < -0.39 is 5.41 Å². The minimum atomic E-state index is -0.729. The molecule has 6 heteroatoms. The Morgan fingerprint density at radius 3 is 2.15 bits per heavy atom. The van der Waals surface area contributed by atoms with Gasteiger partial charge in [-0.1, -0.05) is 19.1 Å². The van der Waals surface area contributed by atoms with Gasteiger partial charge in [0.15, 0.2) is 0 Å². The van der Waals surface area contributed by atoms with E-state index in [2.05, 4.69) is 5.32 Å². The van der Waals surface area contributed by atoms with E-state index in [9.17, 15) is 9.59 Å². The lowest BCUT2D eigenvalue weighted by Crippen LogP contribution is -2.35. The van der Waals surface area contributed by atoms with E-state index in [-0.39, 0.29) is 30.1 Å². The van der Waals surface area contributed by atoms with Crippen molar-refractivity contribution in [2.45, 2.75) is 26.2 Å². The molecular formula is C14H22ClN3O2. The van der Waals surface area contributed by atoms with E-state index in [1.54, 1.807) is 45.0 Å². The molecule has 0 saturated carbocycles. The van der Waals surface area contributed by atoms with Gasteiger partial charge in [-0.05, 0) is 31.5 Å².